The summed E-state index contributed by atoms with van der Waals surface area (Å²) in [7, 11) is 0. The average molecular weight is 813 g/mol. The van der Waals surface area contributed by atoms with Crippen LogP contribution in [-0.4, -0.2) is 5.71 Å². The Kier molecular flexibility index (Phi) is 9.01. The van der Waals surface area contributed by atoms with E-state index in [1.165, 1.54) is 98.9 Å². The predicted octanol–water partition coefficient (Wildman–Crippen LogP) is 15.4. The van der Waals surface area contributed by atoms with Crippen LogP contribution in [0, 0.1) is 0 Å². The molecule has 306 valence electrons. The molecule has 7 aromatic rings. The first-order valence-electron chi connectivity index (χ1n) is 23.2. The van der Waals surface area contributed by atoms with Gasteiger partial charge >= 0.3 is 0 Å². The van der Waals surface area contributed by atoms with Crippen LogP contribution in [0.4, 0.5) is 0 Å². The topological polar surface area (TPSA) is 24.4 Å². The standard InChI is InChI=1S/C61H52N2/c1-60(2)52-30-18-28-47(55(52)50-39-54-49(38-53(50)60)48-27-13-14-29-51(48)61(54)35-15-6-16-36-61)41-33-31-40(32-34-41)45-25-17-26-46(37-45)59-58(44-23-11-5-12-24-44)62-56(42-19-7-3-8-20-42)57(63-59)43-21-9-4-10-22-43/h3,5,7-9,11-14,17-34,37-39,56,62H,4,6,10,15-16,35-36H2,1-2H3. The second-order valence-corrected chi connectivity index (χ2v) is 18.9. The van der Waals surface area contributed by atoms with Crippen molar-refractivity contribution in [3.05, 3.63) is 227 Å². The Morgan fingerprint density at radius 3 is 1.97 bits per heavy atom. The van der Waals surface area contributed by atoms with Gasteiger partial charge in [-0.3, -0.25) is 0 Å². The van der Waals surface area contributed by atoms with Crippen LogP contribution < -0.4 is 5.32 Å². The van der Waals surface area contributed by atoms with Gasteiger partial charge in [-0.2, -0.15) is 0 Å². The fourth-order valence-electron chi connectivity index (χ4n) is 11.8. The number of benzene rings is 7. The smallest absolute Gasteiger partial charge is 0.0947 e. The second kappa shape index (κ2) is 15.0. The van der Waals surface area contributed by atoms with Gasteiger partial charge in [-0.15, -0.1) is 0 Å². The van der Waals surface area contributed by atoms with Gasteiger partial charge in [0.1, 0.15) is 0 Å². The molecular formula is C61H52N2. The number of nitrogens with zero attached hydrogens (tertiary/aromatic N) is 1. The molecule has 0 aromatic heterocycles. The monoisotopic (exact) mass is 812 g/mol. The van der Waals surface area contributed by atoms with Crippen molar-refractivity contribution in [2.75, 3.05) is 0 Å². The van der Waals surface area contributed by atoms with Crippen molar-refractivity contribution in [1.82, 2.24) is 5.32 Å². The van der Waals surface area contributed by atoms with Crippen molar-refractivity contribution < 1.29 is 0 Å². The Morgan fingerprint density at radius 1 is 0.508 bits per heavy atom. The van der Waals surface area contributed by atoms with Crippen molar-refractivity contribution in [1.29, 1.82) is 0 Å². The van der Waals surface area contributed by atoms with Crippen LogP contribution in [0.5, 0.6) is 0 Å². The van der Waals surface area contributed by atoms with E-state index in [1.54, 1.807) is 11.1 Å². The molecular weight excluding hydrogens is 761 g/mol. The normalized spacial score (nSPS) is 18.8. The molecule has 1 heterocycles. The lowest BCUT2D eigenvalue weighted by Gasteiger charge is -2.36. The van der Waals surface area contributed by atoms with Gasteiger partial charge in [-0.05, 0) is 127 Å². The largest absolute Gasteiger partial charge is 0.370 e. The minimum absolute atomic E-state index is 0.0718. The molecule has 0 radical (unpaired) electrons. The van der Waals surface area contributed by atoms with Crippen molar-refractivity contribution in [2.45, 2.75) is 75.7 Å². The summed E-state index contributed by atoms with van der Waals surface area (Å²) in [5.41, 5.74) is 24.4. The molecule has 1 saturated carbocycles. The number of rotatable bonds is 6. The maximum Gasteiger partial charge on any atom is 0.0947 e. The molecule has 0 amide bonds. The first-order chi connectivity index (χ1) is 31.0. The Balaban J connectivity index is 0.936. The summed E-state index contributed by atoms with van der Waals surface area (Å²) in [6.45, 7) is 4.86. The van der Waals surface area contributed by atoms with Crippen LogP contribution in [0.25, 0.3) is 55.9 Å². The number of nitrogens with one attached hydrogen (secondary N) is 1. The van der Waals surface area contributed by atoms with E-state index in [-0.39, 0.29) is 16.9 Å². The van der Waals surface area contributed by atoms with Gasteiger partial charge in [-0.25, -0.2) is 4.99 Å². The summed E-state index contributed by atoms with van der Waals surface area (Å²) >= 11 is 0. The fourth-order valence-corrected chi connectivity index (χ4v) is 11.8. The molecule has 1 N–H and O–H groups in total. The lowest BCUT2D eigenvalue weighted by atomic mass is 9.67. The zero-order chi connectivity index (χ0) is 42.1. The number of hydrogen-bond acceptors (Lipinski definition) is 2. The molecule has 2 nitrogen and oxygen atoms in total. The Labute approximate surface area is 372 Å². The summed E-state index contributed by atoms with van der Waals surface area (Å²) in [5.74, 6) is 0. The Hall–Kier alpha value is -6.77. The van der Waals surface area contributed by atoms with Crippen molar-refractivity contribution in [3.63, 3.8) is 0 Å². The third-order valence-corrected chi connectivity index (χ3v) is 15.0. The molecule has 0 bridgehead atoms. The Morgan fingerprint density at radius 2 is 1.17 bits per heavy atom. The van der Waals surface area contributed by atoms with Crippen LogP contribution >= 0.6 is 0 Å². The van der Waals surface area contributed by atoms with Crippen LogP contribution in [0.15, 0.2) is 193 Å². The highest BCUT2D eigenvalue weighted by molar-refractivity contribution is 6.13. The molecule has 4 aliphatic carbocycles. The van der Waals surface area contributed by atoms with Crippen molar-refractivity contribution in [2.24, 2.45) is 4.99 Å². The highest BCUT2D eigenvalue weighted by atomic mass is 15.0. The first-order valence-corrected chi connectivity index (χ1v) is 23.2. The third kappa shape index (κ3) is 6.10. The molecule has 2 heteroatoms. The zero-order valence-corrected chi connectivity index (χ0v) is 36.3. The van der Waals surface area contributed by atoms with Gasteiger partial charge in [0.05, 0.1) is 23.1 Å². The van der Waals surface area contributed by atoms with Gasteiger partial charge in [0.2, 0.25) is 0 Å². The van der Waals surface area contributed by atoms with Gasteiger partial charge < -0.3 is 5.32 Å². The van der Waals surface area contributed by atoms with E-state index in [0.717, 1.165) is 41.1 Å². The van der Waals surface area contributed by atoms with Crippen molar-refractivity contribution >= 4 is 17.1 Å². The molecule has 12 rings (SSSR count). The third-order valence-electron chi connectivity index (χ3n) is 15.0. The predicted molar refractivity (Wildman–Crippen MR) is 264 cm³/mol. The molecule has 1 fully saturated rings. The van der Waals surface area contributed by atoms with Crippen LogP contribution in [0.2, 0.25) is 0 Å². The van der Waals surface area contributed by atoms with Gasteiger partial charge in [0.15, 0.2) is 0 Å². The molecule has 5 aliphatic rings. The molecule has 1 spiro atoms. The fraction of sp³-hybridized carbons (Fsp3) is 0.197. The number of hydrogen-bond donors (Lipinski definition) is 1. The zero-order valence-electron chi connectivity index (χ0n) is 36.3. The van der Waals surface area contributed by atoms with E-state index in [2.05, 4.69) is 201 Å². The van der Waals surface area contributed by atoms with Crippen LogP contribution in [0.1, 0.15) is 104 Å². The van der Waals surface area contributed by atoms with E-state index in [4.69, 9.17) is 4.99 Å². The molecule has 1 unspecified atom stereocenters. The molecule has 1 atom stereocenters. The highest BCUT2D eigenvalue weighted by Crippen LogP contribution is 2.60. The quantitative estimate of drug-likeness (QED) is 0.178. The minimum atomic E-state index is -0.0954. The molecule has 1 aliphatic heterocycles. The average Bonchev–Trinajstić information content (AvgIpc) is 3.74. The van der Waals surface area contributed by atoms with Gasteiger partial charge in [-0.1, -0.05) is 197 Å². The van der Waals surface area contributed by atoms with E-state index in [0.29, 0.717) is 0 Å². The van der Waals surface area contributed by atoms with E-state index in [1.807, 2.05) is 0 Å². The maximum atomic E-state index is 5.62. The first kappa shape index (κ1) is 37.9. The lowest BCUT2D eigenvalue weighted by Crippen LogP contribution is -2.32. The molecule has 0 saturated heterocycles. The van der Waals surface area contributed by atoms with E-state index in [9.17, 15) is 0 Å². The molecule has 7 aromatic carbocycles. The SMILES string of the molecule is CC1(C)c2cc3c(cc2-c2c(-c4ccc(-c5cccc(C6=C(c7ccccc7)NC(c7ccccc7)C(C7=CCCC=C7)=N6)c5)cc4)cccc21)C1(CCCCC1)c1ccccc1-3. The second-order valence-electron chi connectivity index (χ2n) is 18.9. The number of allylic oxidation sites excluding steroid dienone is 3. The van der Waals surface area contributed by atoms with Crippen molar-refractivity contribution in [3.8, 4) is 44.5 Å². The Bertz CT molecular complexity index is 3060. The number of fused-ring (bicyclic) bond motifs is 8. The molecule has 63 heavy (non-hydrogen) atoms. The minimum Gasteiger partial charge on any atom is -0.370 e. The summed E-state index contributed by atoms with van der Waals surface area (Å²) in [5, 5.41) is 4.01. The summed E-state index contributed by atoms with van der Waals surface area (Å²) in [4.78, 5) is 5.62. The van der Waals surface area contributed by atoms with E-state index >= 15 is 0 Å². The van der Waals surface area contributed by atoms with Gasteiger partial charge in [0.25, 0.3) is 0 Å². The highest BCUT2D eigenvalue weighted by Gasteiger charge is 2.46. The maximum absolute atomic E-state index is 5.62. The number of aliphatic imine (C=N–C) groups is 1. The lowest BCUT2D eigenvalue weighted by molar-refractivity contribution is 0.353. The van der Waals surface area contributed by atoms with Crippen LogP contribution in [-0.2, 0) is 10.8 Å². The summed E-state index contributed by atoms with van der Waals surface area (Å²) < 4.78 is 0. The van der Waals surface area contributed by atoms with Crippen LogP contribution in [0.3, 0.4) is 0 Å². The summed E-state index contributed by atoms with van der Waals surface area (Å²) in [6.07, 6.45) is 15.4. The van der Waals surface area contributed by atoms with E-state index < -0.39 is 0 Å². The van der Waals surface area contributed by atoms with Gasteiger partial charge in [0, 0.05) is 16.4 Å². The summed E-state index contributed by atoms with van der Waals surface area (Å²) in [6, 6.07) is 61.2.